The minimum absolute atomic E-state index is 0.0901. The molecule has 0 atom stereocenters. The maximum Gasteiger partial charge on any atom is 0.269 e. The molecule has 0 bridgehead atoms. The van der Waals surface area contributed by atoms with E-state index in [1.54, 1.807) is 12.1 Å². The zero-order valence-electron chi connectivity index (χ0n) is 13.6. The summed E-state index contributed by atoms with van der Waals surface area (Å²) in [6.45, 7) is 0. The fourth-order valence-corrected chi connectivity index (χ4v) is 3.37. The van der Waals surface area contributed by atoms with E-state index in [9.17, 15) is 18.5 Å². The van der Waals surface area contributed by atoms with E-state index in [0.717, 1.165) is 29.7 Å². The first-order valence-corrected chi connectivity index (χ1v) is 9.14. The minimum atomic E-state index is -3.93. The van der Waals surface area contributed by atoms with Crippen LogP contribution in [0.4, 0.5) is 11.4 Å². The maximum atomic E-state index is 12.3. The molecule has 0 unspecified atom stereocenters. The van der Waals surface area contributed by atoms with E-state index in [0.29, 0.717) is 5.69 Å². The van der Waals surface area contributed by atoms with Gasteiger partial charge in [-0.05, 0) is 29.7 Å². The van der Waals surface area contributed by atoms with Gasteiger partial charge in [0.25, 0.3) is 5.69 Å². The van der Waals surface area contributed by atoms with Gasteiger partial charge in [-0.3, -0.25) is 10.1 Å². The highest BCUT2D eigenvalue weighted by atomic mass is 32.2. The predicted octanol–water partition coefficient (Wildman–Crippen LogP) is 3.39. The van der Waals surface area contributed by atoms with Crippen LogP contribution >= 0.6 is 0 Å². The topological polar surface area (TPSA) is 106 Å². The van der Waals surface area contributed by atoms with Crippen molar-refractivity contribution < 1.29 is 18.3 Å². The lowest BCUT2D eigenvalue weighted by molar-refractivity contribution is -0.384. The number of benzene rings is 2. The van der Waals surface area contributed by atoms with Gasteiger partial charge in [-0.15, -0.1) is 5.69 Å². The molecule has 0 radical (unpaired) electrons. The second kappa shape index (κ2) is 7.32. The number of H-pyrrole nitrogens is 1. The van der Waals surface area contributed by atoms with Gasteiger partial charge in [-0.1, -0.05) is 24.3 Å². The Morgan fingerprint density at radius 2 is 1.46 bits per heavy atom. The third-order valence-corrected chi connectivity index (χ3v) is 5.02. The fraction of sp³-hybridized carbons (Fsp3) is 0.0556. The Morgan fingerprint density at radius 3 is 2.04 bits per heavy atom. The number of nitro groups is 1. The Kier molecular flexibility index (Phi) is 4.94. The van der Waals surface area contributed by atoms with Gasteiger partial charge in [-0.25, -0.2) is 13.4 Å². The molecule has 3 aromatic rings. The van der Waals surface area contributed by atoms with Crippen molar-refractivity contribution in [3.63, 3.8) is 0 Å². The summed E-state index contributed by atoms with van der Waals surface area (Å²) in [6.07, 6.45) is 4.41. The molecule has 26 heavy (non-hydrogen) atoms. The number of nitro benzene ring substituents is 1. The van der Waals surface area contributed by atoms with Crippen LogP contribution in [0, 0.1) is 10.1 Å². The largest absolute Gasteiger partial charge is 0.573 e. The molecule has 1 N–H and O–H groups in total. The van der Waals surface area contributed by atoms with E-state index < -0.39 is 14.9 Å². The smallest absolute Gasteiger partial charge is 0.269 e. The van der Waals surface area contributed by atoms with Gasteiger partial charge < -0.3 is 4.72 Å². The van der Waals surface area contributed by atoms with Crippen molar-refractivity contribution in [3.05, 3.63) is 99.0 Å². The second-order valence-electron chi connectivity index (χ2n) is 5.57. The fourth-order valence-electron chi connectivity index (χ4n) is 2.38. The number of nitrogens with zero attached hydrogens (tertiary/aromatic N) is 2. The number of hydrogen-bond donors (Lipinski definition) is 0. The van der Waals surface area contributed by atoms with Crippen LogP contribution in [0.5, 0.6) is 0 Å². The van der Waals surface area contributed by atoms with Crippen molar-refractivity contribution in [3.8, 4) is 0 Å². The standard InChI is InChI=1S/C18H14N3O4S/c22-21(23)17-5-7-18(8-6-17)26(24,25)20-16-3-1-14(2-4-16)13-15-9-11-19-12-10-15/h1-12H,13H2/q-1/p+1. The quantitative estimate of drug-likeness (QED) is 0.490. The van der Waals surface area contributed by atoms with Crippen LogP contribution in [0.3, 0.4) is 0 Å². The Bertz CT molecular complexity index is 1000. The molecule has 0 aliphatic heterocycles. The van der Waals surface area contributed by atoms with Crippen molar-refractivity contribution in [2.75, 3.05) is 0 Å². The molecular formula is C18H15N3O4S. The summed E-state index contributed by atoms with van der Waals surface area (Å²) in [7, 11) is -3.93. The van der Waals surface area contributed by atoms with Crippen LogP contribution in [0.1, 0.15) is 11.1 Å². The molecule has 7 nitrogen and oxygen atoms in total. The summed E-state index contributed by atoms with van der Waals surface area (Å²) < 4.78 is 28.4. The van der Waals surface area contributed by atoms with Crippen LogP contribution in [0.2, 0.25) is 0 Å². The minimum Gasteiger partial charge on any atom is -0.573 e. The maximum absolute atomic E-state index is 12.3. The van der Waals surface area contributed by atoms with Gasteiger partial charge in [0, 0.05) is 24.3 Å². The third kappa shape index (κ3) is 4.22. The Balaban J connectivity index is 1.72. The average molecular weight is 369 g/mol. The number of sulfonamides is 1. The van der Waals surface area contributed by atoms with Crippen LogP contribution in [-0.4, -0.2) is 13.3 Å². The van der Waals surface area contributed by atoms with Gasteiger partial charge >= 0.3 is 0 Å². The highest BCUT2D eigenvalue weighted by Crippen LogP contribution is 2.29. The first kappa shape index (κ1) is 17.6. The number of rotatable bonds is 6. The summed E-state index contributed by atoms with van der Waals surface area (Å²) in [6, 6.07) is 15.5. The van der Waals surface area contributed by atoms with Gasteiger partial charge in [0.1, 0.15) is 10.0 Å². The van der Waals surface area contributed by atoms with Crippen LogP contribution in [0.15, 0.2) is 78.0 Å². The SMILES string of the molecule is O=[N+]([O-])c1ccc(S(=O)(=O)[N-]c2ccc(Cc3cc[nH+]cc3)cc2)cc1. The van der Waals surface area contributed by atoms with Crippen LogP contribution in [-0.2, 0) is 16.4 Å². The van der Waals surface area contributed by atoms with E-state index in [2.05, 4.69) is 9.71 Å². The number of non-ortho nitro benzene ring substituents is 1. The molecule has 132 valence electrons. The van der Waals surface area contributed by atoms with E-state index >= 15 is 0 Å². The molecule has 3 rings (SSSR count). The second-order valence-corrected chi connectivity index (χ2v) is 7.17. The van der Waals surface area contributed by atoms with Crippen molar-refractivity contribution in [2.45, 2.75) is 11.3 Å². The lowest BCUT2D eigenvalue weighted by Gasteiger charge is -2.22. The molecule has 2 aromatic carbocycles. The van der Waals surface area contributed by atoms with Crippen molar-refractivity contribution >= 4 is 21.4 Å². The molecular weight excluding hydrogens is 354 g/mol. The van der Waals surface area contributed by atoms with Crippen molar-refractivity contribution in [1.29, 1.82) is 0 Å². The summed E-state index contributed by atoms with van der Waals surface area (Å²) in [5, 5.41) is 10.6. The predicted molar refractivity (Wildman–Crippen MR) is 95.5 cm³/mol. The number of hydrogen-bond acceptors (Lipinski definition) is 4. The van der Waals surface area contributed by atoms with E-state index in [4.69, 9.17) is 0 Å². The monoisotopic (exact) mass is 369 g/mol. The van der Waals surface area contributed by atoms with Crippen LogP contribution < -0.4 is 4.98 Å². The summed E-state index contributed by atoms with van der Waals surface area (Å²) in [5.74, 6) is 0. The lowest BCUT2D eigenvalue weighted by atomic mass is 10.1. The van der Waals surface area contributed by atoms with Crippen molar-refractivity contribution in [2.24, 2.45) is 0 Å². The Morgan fingerprint density at radius 1 is 0.885 bits per heavy atom. The van der Waals surface area contributed by atoms with Crippen molar-refractivity contribution in [1.82, 2.24) is 0 Å². The molecule has 0 aliphatic carbocycles. The zero-order chi connectivity index (χ0) is 18.6. The first-order chi connectivity index (χ1) is 12.4. The molecule has 0 spiro atoms. The zero-order valence-corrected chi connectivity index (χ0v) is 14.4. The highest BCUT2D eigenvalue weighted by Gasteiger charge is 2.09. The summed E-state index contributed by atoms with van der Waals surface area (Å²) in [4.78, 5) is 12.9. The number of aromatic nitrogens is 1. The normalized spacial score (nSPS) is 11.1. The van der Waals surface area contributed by atoms with E-state index in [1.807, 2.05) is 36.7 Å². The summed E-state index contributed by atoms with van der Waals surface area (Å²) >= 11 is 0. The number of nitrogens with one attached hydrogen (secondary N) is 1. The van der Waals surface area contributed by atoms with E-state index in [1.165, 1.54) is 12.1 Å². The van der Waals surface area contributed by atoms with Gasteiger partial charge in [0.15, 0.2) is 12.4 Å². The van der Waals surface area contributed by atoms with Gasteiger partial charge in [0.2, 0.25) is 0 Å². The van der Waals surface area contributed by atoms with Crippen LogP contribution in [0.25, 0.3) is 4.72 Å². The molecule has 0 saturated carbocycles. The number of pyridine rings is 1. The van der Waals surface area contributed by atoms with E-state index in [-0.39, 0.29) is 10.6 Å². The Hall–Kier alpha value is -3.26. The van der Waals surface area contributed by atoms with Gasteiger partial charge in [-0.2, -0.15) is 0 Å². The molecule has 0 aliphatic rings. The average Bonchev–Trinajstić information content (AvgIpc) is 2.64. The molecule has 0 amide bonds. The molecule has 0 fully saturated rings. The third-order valence-electron chi connectivity index (χ3n) is 3.70. The Labute approximate surface area is 150 Å². The first-order valence-electron chi connectivity index (χ1n) is 7.70. The summed E-state index contributed by atoms with van der Waals surface area (Å²) in [5.41, 5.74) is 2.29. The molecule has 1 aromatic heterocycles. The molecule has 8 heteroatoms. The molecule has 0 saturated heterocycles. The molecule has 1 heterocycles. The number of aromatic amines is 1. The highest BCUT2D eigenvalue weighted by molar-refractivity contribution is 7.94. The van der Waals surface area contributed by atoms with Gasteiger partial charge in [0.05, 0.1) is 9.82 Å². The lowest BCUT2D eigenvalue weighted by Crippen LogP contribution is -1.99.